The van der Waals surface area contributed by atoms with Gasteiger partial charge >= 0.3 is 11.9 Å². The lowest BCUT2D eigenvalue weighted by Crippen LogP contribution is -2.37. The van der Waals surface area contributed by atoms with Crippen LogP contribution in [-0.2, 0) is 32.7 Å². The lowest BCUT2D eigenvalue weighted by molar-refractivity contribution is -0.870. The van der Waals surface area contributed by atoms with Crippen molar-refractivity contribution in [2.24, 2.45) is 0 Å². The third-order valence-corrected chi connectivity index (χ3v) is 9.88. The first kappa shape index (κ1) is 52.9. The van der Waals surface area contributed by atoms with E-state index in [4.69, 9.17) is 18.5 Å². The fraction of sp³-hybridized carbons (Fsp3) is 0.773. The summed E-state index contributed by atoms with van der Waals surface area (Å²) in [6, 6.07) is 0. The van der Waals surface area contributed by atoms with Crippen molar-refractivity contribution in [1.82, 2.24) is 0 Å². The van der Waals surface area contributed by atoms with Gasteiger partial charge in [0.15, 0.2) is 6.10 Å². The van der Waals surface area contributed by atoms with E-state index in [0.29, 0.717) is 30.3 Å². The molecule has 0 fully saturated rings. The number of hydrogen-bond acceptors (Lipinski definition) is 9. The molecule has 0 rings (SSSR count). The van der Waals surface area contributed by atoms with Crippen LogP contribution >= 0.6 is 7.82 Å². The minimum absolute atomic E-state index is 0.0460. The van der Waals surface area contributed by atoms with E-state index in [0.717, 1.165) is 70.6 Å². The van der Waals surface area contributed by atoms with Gasteiger partial charge in [-0.15, -0.1) is 0 Å². The number of allylic oxidation sites excluding steroid dienone is 6. The van der Waals surface area contributed by atoms with Gasteiger partial charge in [0.1, 0.15) is 19.8 Å². The van der Waals surface area contributed by atoms with Gasteiger partial charge in [0.05, 0.1) is 33.9 Å². The maximum absolute atomic E-state index is 12.7. The SMILES string of the molecule is CC/C=C/CC(O)/C=C/C=C/CCCCCCCC(=O)OC[C@H](COP(=O)([O-])OCC[N+](C)(C)C)OC(=O)CCCCCCC/C=C\CCCCCCCC. The van der Waals surface area contributed by atoms with E-state index in [1.54, 1.807) is 6.08 Å². The molecule has 320 valence electrons. The third-order valence-electron chi connectivity index (χ3n) is 8.91. The fourth-order valence-corrected chi connectivity index (χ4v) is 6.24. The second-order valence-electron chi connectivity index (χ2n) is 15.5. The van der Waals surface area contributed by atoms with E-state index in [9.17, 15) is 24.2 Å². The molecule has 0 saturated carbocycles. The Morgan fingerprint density at radius 2 is 1.22 bits per heavy atom. The molecule has 1 N–H and O–H groups in total. The van der Waals surface area contributed by atoms with Crippen molar-refractivity contribution in [3.8, 4) is 0 Å². The Labute approximate surface area is 336 Å². The molecule has 3 atom stereocenters. The Morgan fingerprint density at radius 1 is 0.673 bits per heavy atom. The second-order valence-corrected chi connectivity index (χ2v) is 16.9. The number of hydrogen-bond donors (Lipinski definition) is 1. The molecule has 11 heteroatoms. The summed E-state index contributed by atoms with van der Waals surface area (Å²) in [7, 11) is 1.11. The Kier molecular flexibility index (Phi) is 34.9. The Balaban J connectivity index is 4.46. The number of carbonyl (C=O) groups is 2. The molecule has 0 aliphatic heterocycles. The number of nitrogens with zero attached hydrogens (tertiary/aromatic N) is 1. The van der Waals surface area contributed by atoms with Crippen LogP contribution in [0, 0.1) is 0 Å². The molecule has 0 amide bonds. The number of aliphatic hydroxyl groups excluding tert-OH is 1. The molecule has 0 aromatic rings. The van der Waals surface area contributed by atoms with Gasteiger partial charge in [-0.25, -0.2) is 0 Å². The summed E-state index contributed by atoms with van der Waals surface area (Å²) in [5.41, 5.74) is 0. The first-order chi connectivity index (χ1) is 26.4. The summed E-state index contributed by atoms with van der Waals surface area (Å²) >= 11 is 0. The van der Waals surface area contributed by atoms with Crippen molar-refractivity contribution < 1.29 is 47.2 Å². The topological polar surface area (TPSA) is 131 Å². The zero-order valence-corrected chi connectivity index (χ0v) is 36.4. The smallest absolute Gasteiger partial charge is 0.306 e. The van der Waals surface area contributed by atoms with Gasteiger partial charge in [0, 0.05) is 12.8 Å². The zero-order chi connectivity index (χ0) is 40.9. The summed E-state index contributed by atoms with van der Waals surface area (Å²) in [4.78, 5) is 37.5. The largest absolute Gasteiger partial charge is 0.756 e. The van der Waals surface area contributed by atoms with Crippen molar-refractivity contribution in [1.29, 1.82) is 0 Å². The average Bonchev–Trinajstić information content (AvgIpc) is 3.12. The highest BCUT2D eigenvalue weighted by Crippen LogP contribution is 2.38. The van der Waals surface area contributed by atoms with Crippen LogP contribution in [0.4, 0.5) is 0 Å². The molecule has 0 aromatic heterocycles. The molecule has 0 aliphatic rings. The molecule has 0 radical (unpaired) electrons. The van der Waals surface area contributed by atoms with E-state index in [2.05, 4.69) is 32.1 Å². The predicted octanol–water partition coefficient (Wildman–Crippen LogP) is 10.2. The molecule has 0 bridgehead atoms. The van der Waals surface area contributed by atoms with E-state index in [1.165, 1.54) is 44.9 Å². The van der Waals surface area contributed by atoms with Gasteiger partial charge in [0.2, 0.25) is 0 Å². The van der Waals surface area contributed by atoms with Gasteiger partial charge in [0.25, 0.3) is 7.82 Å². The van der Waals surface area contributed by atoms with Crippen molar-refractivity contribution in [2.75, 3.05) is 47.5 Å². The summed E-state index contributed by atoms with van der Waals surface area (Å²) < 4.78 is 33.8. The Morgan fingerprint density at radius 3 is 1.80 bits per heavy atom. The van der Waals surface area contributed by atoms with Crippen LogP contribution in [0.1, 0.15) is 162 Å². The van der Waals surface area contributed by atoms with Crippen molar-refractivity contribution >= 4 is 19.8 Å². The number of carbonyl (C=O) groups excluding carboxylic acids is 2. The average molecular weight is 798 g/mol. The number of quaternary nitrogens is 1. The zero-order valence-electron chi connectivity index (χ0n) is 35.5. The number of phosphoric ester groups is 1. The summed E-state index contributed by atoms with van der Waals surface area (Å²) in [6.45, 7) is 3.95. The summed E-state index contributed by atoms with van der Waals surface area (Å²) in [5, 5.41) is 9.87. The van der Waals surface area contributed by atoms with Gasteiger partial charge < -0.3 is 33.0 Å². The molecule has 55 heavy (non-hydrogen) atoms. The monoisotopic (exact) mass is 798 g/mol. The number of rotatable bonds is 38. The maximum Gasteiger partial charge on any atom is 0.306 e. The number of esters is 2. The fourth-order valence-electron chi connectivity index (χ4n) is 5.51. The lowest BCUT2D eigenvalue weighted by Gasteiger charge is -2.28. The van der Waals surface area contributed by atoms with Crippen LogP contribution < -0.4 is 4.89 Å². The highest BCUT2D eigenvalue weighted by atomic mass is 31.2. The van der Waals surface area contributed by atoms with Crippen LogP contribution in [-0.4, -0.2) is 81.2 Å². The van der Waals surface area contributed by atoms with E-state index in [-0.39, 0.29) is 26.1 Å². The van der Waals surface area contributed by atoms with Crippen molar-refractivity contribution in [3.63, 3.8) is 0 Å². The number of unbranched alkanes of at least 4 members (excludes halogenated alkanes) is 16. The van der Waals surface area contributed by atoms with E-state index in [1.807, 2.05) is 45.4 Å². The van der Waals surface area contributed by atoms with Crippen LogP contribution in [0.5, 0.6) is 0 Å². The van der Waals surface area contributed by atoms with Gasteiger partial charge in [-0.2, -0.15) is 0 Å². The quantitative estimate of drug-likeness (QED) is 0.0162. The van der Waals surface area contributed by atoms with E-state index < -0.39 is 38.6 Å². The molecular formula is C44H80NO9P. The molecule has 0 aliphatic carbocycles. The van der Waals surface area contributed by atoms with Crippen LogP contribution in [0.15, 0.2) is 48.6 Å². The minimum Gasteiger partial charge on any atom is -0.756 e. The highest BCUT2D eigenvalue weighted by Gasteiger charge is 2.21. The normalized spacial score (nSPS) is 14.7. The van der Waals surface area contributed by atoms with Crippen LogP contribution in [0.25, 0.3) is 0 Å². The predicted molar refractivity (Wildman–Crippen MR) is 223 cm³/mol. The first-order valence-electron chi connectivity index (χ1n) is 21.5. The molecule has 2 unspecified atom stereocenters. The first-order valence-corrected chi connectivity index (χ1v) is 22.9. The number of aliphatic hydroxyl groups is 1. The van der Waals surface area contributed by atoms with Gasteiger partial charge in [-0.05, 0) is 64.2 Å². The highest BCUT2D eigenvalue weighted by molar-refractivity contribution is 7.45. The number of phosphoric acid groups is 1. The summed E-state index contributed by atoms with van der Waals surface area (Å²) in [6.07, 6.45) is 37.5. The van der Waals surface area contributed by atoms with Gasteiger partial charge in [-0.1, -0.05) is 133 Å². The second kappa shape index (κ2) is 36.3. The molecule has 0 aromatic carbocycles. The van der Waals surface area contributed by atoms with Crippen LogP contribution in [0.3, 0.4) is 0 Å². The Bertz CT molecular complexity index is 1100. The van der Waals surface area contributed by atoms with E-state index >= 15 is 0 Å². The van der Waals surface area contributed by atoms with Crippen LogP contribution in [0.2, 0.25) is 0 Å². The molecule has 0 heterocycles. The molecule has 0 saturated heterocycles. The third kappa shape index (κ3) is 39.9. The van der Waals surface area contributed by atoms with Crippen molar-refractivity contribution in [3.05, 3.63) is 48.6 Å². The number of likely N-dealkylation sites (N-methyl/N-ethyl adjacent to an activating group) is 1. The molecular weight excluding hydrogens is 717 g/mol. The summed E-state index contributed by atoms with van der Waals surface area (Å²) in [5.74, 6) is -0.901. The van der Waals surface area contributed by atoms with Crippen molar-refractivity contribution in [2.45, 2.75) is 174 Å². The molecule has 10 nitrogen and oxygen atoms in total. The number of ether oxygens (including phenoxy) is 2. The maximum atomic E-state index is 12.7. The van der Waals surface area contributed by atoms with Gasteiger partial charge in [-0.3, -0.25) is 14.2 Å². The Hall–Kier alpha value is -2.07. The lowest BCUT2D eigenvalue weighted by atomic mass is 10.1. The molecule has 0 spiro atoms. The minimum atomic E-state index is -4.64. The standard InChI is InChI=1S/C44H80NO9P/c1-6-8-10-11-12-13-14-15-16-17-18-21-25-28-32-36-44(48)54-42(40-53-55(49,50)52-38-37-45(3,4)5)39-51-43(47)35-31-27-24-22-19-20-23-26-30-34-41(46)33-29-9-7-2/h9,15-16,23,26,29-30,34,41-42,46H,6-8,10-14,17-22,24-25,27-28,31-33,35-40H2,1-5H3/b16-15-,26-23+,29-9+,34-30+/t41?,42-/m1/s1.